The molecule has 0 aliphatic carbocycles. The van der Waals surface area contributed by atoms with Gasteiger partial charge in [-0.2, -0.15) is 5.26 Å². The fourth-order valence-corrected chi connectivity index (χ4v) is 2.76. The molecule has 68 valence electrons. The maximum atomic E-state index is 10.8. The lowest BCUT2D eigenvalue weighted by atomic mass is 10.1. The molecule has 4 heteroatoms. The van der Waals surface area contributed by atoms with Crippen molar-refractivity contribution in [2.75, 3.05) is 0 Å². The molecule has 0 amide bonds. The average molecular weight is 266 g/mol. The van der Waals surface area contributed by atoms with Gasteiger partial charge in [-0.25, -0.2) is 0 Å². The second-order valence-electron chi connectivity index (χ2n) is 2.72. The predicted molar refractivity (Wildman–Crippen MR) is 59.6 cm³/mol. The molecule has 2 aromatic rings. The van der Waals surface area contributed by atoms with Crippen LogP contribution in [-0.2, 0) is 0 Å². The number of rotatable bonds is 1. The molecule has 1 aromatic carbocycles. The number of carbonyl (C=O) groups excluding carboxylic acids is 1. The molecule has 0 aliphatic heterocycles. The molecule has 1 aromatic heterocycles. The van der Waals surface area contributed by atoms with Crippen LogP contribution >= 0.6 is 27.3 Å². The highest BCUT2D eigenvalue weighted by atomic mass is 79.9. The molecule has 0 saturated heterocycles. The minimum atomic E-state index is 0.590. The third-order valence-electron chi connectivity index (χ3n) is 1.96. The van der Waals surface area contributed by atoms with E-state index in [1.807, 2.05) is 11.4 Å². The topological polar surface area (TPSA) is 40.9 Å². The van der Waals surface area contributed by atoms with Gasteiger partial charge in [0.25, 0.3) is 0 Å². The van der Waals surface area contributed by atoms with Crippen LogP contribution in [0.5, 0.6) is 0 Å². The first-order chi connectivity index (χ1) is 6.77. The van der Waals surface area contributed by atoms with E-state index in [4.69, 9.17) is 5.26 Å². The molecule has 0 radical (unpaired) electrons. The number of nitrogens with zero attached hydrogens (tertiary/aromatic N) is 1. The van der Waals surface area contributed by atoms with Gasteiger partial charge in [-0.1, -0.05) is 0 Å². The third kappa shape index (κ3) is 1.26. The number of aldehydes is 1. The van der Waals surface area contributed by atoms with Crippen LogP contribution in [0.3, 0.4) is 0 Å². The first-order valence-corrected chi connectivity index (χ1v) is 5.50. The summed E-state index contributed by atoms with van der Waals surface area (Å²) in [6.45, 7) is 0. The van der Waals surface area contributed by atoms with Gasteiger partial charge < -0.3 is 0 Å². The lowest BCUT2D eigenvalue weighted by molar-refractivity contribution is 0.112. The lowest BCUT2D eigenvalue weighted by Gasteiger charge is -1.99. The summed E-state index contributed by atoms with van der Waals surface area (Å²) >= 11 is 4.75. The minimum Gasteiger partial charge on any atom is -0.298 e. The standard InChI is InChI=1S/C10H4BrNOS/c11-9-3-6(5-13)10-7(1-2-14-10)8(9)4-12/h1-3,5H. The summed E-state index contributed by atoms with van der Waals surface area (Å²) in [7, 11) is 0. The first-order valence-electron chi connectivity index (χ1n) is 3.83. The molecule has 0 spiro atoms. The maximum Gasteiger partial charge on any atom is 0.151 e. The maximum absolute atomic E-state index is 10.8. The minimum absolute atomic E-state index is 0.590. The largest absolute Gasteiger partial charge is 0.298 e. The fraction of sp³-hybridized carbons (Fsp3) is 0. The number of hydrogen-bond acceptors (Lipinski definition) is 3. The molecule has 2 nitrogen and oxygen atoms in total. The molecule has 0 N–H and O–H groups in total. The van der Waals surface area contributed by atoms with Crippen LogP contribution in [0.15, 0.2) is 22.0 Å². The second kappa shape index (κ2) is 3.52. The summed E-state index contributed by atoms with van der Waals surface area (Å²) < 4.78 is 1.55. The van der Waals surface area contributed by atoms with E-state index in [-0.39, 0.29) is 0 Å². The van der Waals surface area contributed by atoms with Gasteiger partial charge in [0.2, 0.25) is 0 Å². The van der Waals surface area contributed by atoms with E-state index in [9.17, 15) is 4.79 Å². The quantitative estimate of drug-likeness (QED) is 0.742. The summed E-state index contributed by atoms with van der Waals surface area (Å²) in [6, 6.07) is 5.66. The molecule has 14 heavy (non-hydrogen) atoms. The number of hydrogen-bond donors (Lipinski definition) is 0. The Morgan fingerprint density at radius 2 is 2.36 bits per heavy atom. The van der Waals surface area contributed by atoms with Crippen molar-refractivity contribution >= 4 is 43.6 Å². The number of thiophene rings is 1. The average Bonchev–Trinajstić information content (AvgIpc) is 2.65. The predicted octanol–water partition coefficient (Wildman–Crippen LogP) is 3.35. The van der Waals surface area contributed by atoms with Crippen molar-refractivity contribution in [3.63, 3.8) is 0 Å². The molecular formula is C10H4BrNOS. The van der Waals surface area contributed by atoms with Gasteiger partial charge in [-0.15, -0.1) is 11.3 Å². The van der Waals surface area contributed by atoms with Crippen LogP contribution in [-0.4, -0.2) is 6.29 Å². The zero-order chi connectivity index (χ0) is 10.1. The Morgan fingerprint density at radius 3 is 3.00 bits per heavy atom. The highest BCUT2D eigenvalue weighted by Crippen LogP contribution is 2.32. The van der Waals surface area contributed by atoms with Crippen LogP contribution < -0.4 is 0 Å². The van der Waals surface area contributed by atoms with Crippen LogP contribution in [0.1, 0.15) is 15.9 Å². The van der Waals surface area contributed by atoms with Crippen LogP contribution in [0.4, 0.5) is 0 Å². The molecular weight excluding hydrogens is 262 g/mol. The molecule has 0 saturated carbocycles. The Bertz CT molecular complexity index is 553. The summed E-state index contributed by atoms with van der Waals surface area (Å²) in [5, 5.41) is 11.7. The Kier molecular flexibility index (Phi) is 2.36. The van der Waals surface area contributed by atoms with E-state index in [2.05, 4.69) is 22.0 Å². The number of nitriles is 1. The van der Waals surface area contributed by atoms with Crippen LogP contribution in [0, 0.1) is 11.3 Å². The van der Waals surface area contributed by atoms with E-state index in [0.29, 0.717) is 15.6 Å². The summed E-state index contributed by atoms with van der Waals surface area (Å²) in [6.07, 6.45) is 0.810. The van der Waals surface area contributed by atoms with Crippen LogP contribution in [0.25, 0.3) is 10.1 Å². The van der Waals surface area contributed by atoms with Gasteiger partial charge in [0.1, 0.15) is 6.07 Å². The SMILES string of the molecule is N#Cc1c(Br)cc(C=O)c2sccc12. The van der Waals surface area contributed by atoms with Gasteiger partial charge in [-0.05, 0) is 33.4 Å². The van der Waals surface area contributed by atoms with Gasteiger partial charge in [0.05, 0.1) is 5.56 Å². The zero-order valence-electron chi connectivity index (χ0n) is 6.95. The van der Waals surface area contributed by atoms with E-state index in [0.717, 1.165) is 16.4 Å². The van der Waals surface area contributed by atoms with Gasteiger partial charge in [0, 0.05) is 20.1 Å². The van der Waals surface area contributed by atoms with Crippen molar-refractivity contribution in [2.24, 2.45) is 0 Å². The molecule has 0 atom stereocenters. The van der Waals surface area contributed by atoms with Crippen molar-refractivity contribution in [1.29, 1.82) is 5.26 Å². The second-order valence-corrected chi connectivity index (χ2v) is 4.49. The monoisotopic (exact) mass is 265 g/mol. The van der Waals surface area contributed by atoms with Crippen molar-refractivity contribution in [3.8, 4) is 6.07 Å². The lowest BCUT2D eigenvalue weighted by Crippen LogP contribution is -1.85. The third-order valence-corrected chi connectivity index (χ3v) is 3.55. The molecule has 0 bridgehead atoms. The van der Waals surface area contributed by atoms with E-state index >= 15 is 0 Å². The van der Waals surface area contributed by atoms with Crippen molar-refractivity contribution < 1.29 is 4.79 Å². The van der Waals surface area contributed by atoms with E-state index in [1.54, 1.807) is 6.07 Å². The number of carbonyl (C=O) groups is 1. The molecule has 0 aliphatic rings. The van der Waals surface area contributed by atoms with Crippen molar-refractivity contribution in [1.82, 2.24) is 0 Å². The van der Waals surface area contributed by atoms with E-state index < -0.39 is 0 Å². The Balaban J connectivity index is 2.97. The van der Waals surface area contributed by atoms with Crippen molar-refractivity contribution in [2.45, 2.75) is 0 Å². The number of benzene rings is 1. The number of halogens is 1. The molecule has 1 heterocycles. The Morgan fingerprint density at radius 1 is 1.57 bits per heavy atom. The normalized spacial score (nSPS) is 10.0. The van der Waals surface area contributed by atoms with Crippen LogP contribution in [0.2, 0.25) is 0 Å². The van der Waals surface area contributed by atoms with Gasteiger partial charge in [0.15, 0.2) is 6.29 Å². The highest BCUT2D eigenvalue weighted by molar-refractivity contribution is 9.10. The summed E-state index contributed by atoms with van der Waals surface area (Å²) in [5.41, 5.74) is 1.22. The Hall–Kier alpha value is -1.18. The van der Waals surface area contributed by atoms with Gasteiger partial charge in [-0.3, -0.25) is 4.79 Å². The zero-order valence-corrected chi connectivity index (χ0v) is 9.35. The first kappa shape index (κ1) is 9.38. The van der Waals surface area contributed by atoms with Gasteiger partial charge >= 0.3 is 0 Å². The molecule has 2 rings (SSSR count). The summed E-state index contributed by atoms with van der Waals surface area (Å²) in [4.78, 5) is 10.8. The fourth-order valence-electron chi connectivity index (χ4n) is 1.33. The number of fused-ring (bicyclic) bond motifs is 1. The molecule has 0 fully saturated rings. The van der Waals surface area contributed by atoms with Crippen molar-refractivity contribution in [3.05, 3.63) is 33.1 Å². The highest BCUT2D eigenvalue weighted by Gasteiger charge is 2.10. The summed E-state index contributed by atoms with van der Waals surface area (Å²) in [5.74, 6) is 0. The Labute approximate surface area is 92.9 Å². The van der Waals surface area contributed by atoms with E-state index in [1.165, 1.54) is 11.3 Å². The smallest absolute Gasteiger partial charge is 0.151 e. The molecule has 0 unspecified atom stereocenters.